The normalized spacial score (nSPS) is 19.4. The fourth-order valence-corrected chi connectivity index (χ4v) is 4.20. The number of hydrogen-bond donors (Lipinski definition) is 0. The van der Waals surface area contributed by atoms with E-state index in [2.05, 4.69) is 24.3 Å². The topological polar surface area (TPSA) is 20.3 Å². The molecular weight excluding hydrogens is 274 g/mol. The molecule has 0 bridgehead atoms. The summed E-state index contributed by atoms with van der Waals surface area (Å²) in [6, 6.07) is 14.3. The lowest BCUT2D eigenvalue weighted by Gasteiger charge is -2.32. The van der Waals surface area contributed by atoms with Crippen molar-refractivity contribution in [2.45, 2.75) is 5.25 Å². The smallest absolute Gasteiger partial charge is 0.263 e. The number of thiophene rings is 1. The van der Waals surface area contributed by atoms with Crippen molar-refractivity contribution in [3.8, 4) is 0 Å². The molecule has 1 aromatic heterocycles. The van der Waals surface area contributed by atoms with E-state index >= 15 is 0 Å². The number of amides is 1. The van der Waals surface area contributed by atoms with Crippen LogP contribution in [0.5, 0.6) is 0 Å². The largest absolute Gasteiger partial charge is 0.336 e. The van der Waals surface area contributed by atoms with Crippen molar-refractivity contribution in [2.24, 2.45) is 0 Å². The molecule has 1 atom stereocenters. The van der Waals surface area contributed by atoms with Crippen LogP contribution in [0.3, 0.4) is 0 Å². The second-order valence-electron chi connectivity index (χ2n) is 4.50. The van der Waals surface area contributed by atoms with Gasteiger partial charge in [0.25, 0.3) is 5.91 Å². The van der Waals surface area contributed by atoms with Crippen molar-refractivity contribution in [1.29, 1.82) is 0 Å². The van der Waals surface area contributed by atoms with E-state index in [9.17, 15) is 4.79 Å². The summed E-state index contributed by atoms with van der Waals surface area (Å²) in [5, 5.41) is 2.36. The van der Waals surface area contributed by atoms with Crippen LogP contribution in [0.25, 0.3) is 0 Å². The lowest BCUT2D eigenvalue weighted by Crippen LogP contribution is -2.38. The van der Waals surface area contributed by atoms with Crippen LogP contribution in [0.2, 0.25) is 0 Å². The fraction of sp³-hybridized carbons (Fsp3) is 0.267. The monoisotopic (exact) mass is 289 g/mol. The molecule has 19 heavy (non-hydrogen) atoms. The number of nitrogens with zero attached hydrogens (tertiary/aromatic N) is 1. The molecule has 1 aromatic carbocycles. The van der Waals surface area contributed by atoms with Crippen LogP contribution in [0.1, 0.15) is 20.5 Å². The average Bonchev–Trinajstić information content (AvgIpc) is 3.02. The number of thioether (sulfide) groups is 1. The summed E-state index contributed by atoms with van der Waals surface area (Å²) < 4.78 is 0. The van der Waals surface area contributed by atoms with Gasteiger partial charge in [0.1, 0.15) is 0 Å². The van der Waals surface area contributed by atoms with Crippen molar-refractivity contribution < 1.29 is 4.79 Å². The Morgan fingerprint density at radius 3 is 2.74 bits per heavy atom. The maximum atomic E-state index is 12.4. The maximum absolute atomic E-state index is 12.4. The molecule has 1 unspecified atom stereocenters. The molecule has 1 amide bonds. The van der Waals surface area contributed by atoms with E-state index in [0.717, 1.165) is 23.7 Å². The summed E-state index contributed by atoms with van der Waals surface area (Å²) in [5.74, 6) is 1.19. The van der Waals surface area contributed by atoms with Crippen LogP contribution >= 0.6 is 23.1 Å². The van der Waals surface area contributed by atoms with Gasteiger partial charge in [0.2, 0.25) is 0 Å². The van der Waals surface area contributed by atoms with E-state index in [1.54, 1.807) is 0 Å². The van der Waals surface area contributed by atoms with Gasteiger partial charge in [0.05, 0.1) is 4.88 Å². The lowest BCUT2D eigenvalue weighted by molar-refractivity contribution is 0.0766. The van der Waals surface area contributed by atoms with E-state index < -0.39 is 0 Å². The zero-order valence-corrected chi connectivity index (χ0v) is 12.1. The van der Waals surface area contributed by atoms with E-state index in [1.807, 2.05) is 40.2 Å². The predicted molar refractivity (Wildman–Crippen MR) is 81.9 cm³/mol. The summed E-state index contributed by atoms with van der Waals surface area (Å²) in [6.07, 6.45) is 0. The number of carbonyl (C=O) groups excluding carboxylic acids is 1. The van der Waals surface area contributed by atoms with Crippen molar-refractivity contribution in [3.63, 3.8) is 0 Å². The Bertz CT molecular complexity index is 539. The molecule has 98 valence electrons. The highest BCUT2D eigenvalue weighted by Crippen LogP contribution is 2.33. The Morgan fingerprint density at radius 2 is 2.00 bits per heavy atom. The van der Waals surface area contributed by atoms with Gasteiger partial charge in [-0.2, -0.15) is 11.8 Å². The van der Waals surface area contributed by atoms with E-state index in [0.29, 0.717) is 5.25 Å². The standard InChI is InChI=1S/C15H15NOS2/c17-15(13-7-4-9-18-13)16-8-10-19-14(11-16)12-5-2-1-3-6-12/h1-7,9,14H,8,10-11H2. The highest BCUT2D eigenvalue weighted by molar-refractivity contribution is 7.99. The molecule has 1 aliphatic heterocycles. The second-order valence-corrected chi connectivity index (χ2v) is 6.76. The van der Waals surface area contributed by atoms with Gasteiger partial charge >= 0.3 is 0 Å². The Labute approximate surface area is 121 Å². The molecule has 1 aliphatic rings. The summed E-state index contributed by atoms with van der Waals surface area (Å²) in [5.41, 5.74) is 1.32. The van der Waals surface area contributed by atoms with Crippen LogP contribution in [-0.4, -0.2) is 29.6 Å². The van der Waals surface area contributed by atoms with Gasteiger partial charge < -0.3 is 4.90 Å². The molecule has 1 fully saturated rings. The zero-order chi connectivity index (χ0) is 13.1. The number of carbonyl (C=O) groups is 1. The van der Waals surface area contributed by atoms with Gasteiger partial charge in [-0.15, -0.1) is 11.3 Å². The first kappa shape index (κ1) is 12.8. The van der Waals surface area contributed by atoms with Crippen molar-refractivity contribution in [1.82, 2.24) is 4.90 Å². The predicted octanol–water partition coefficient (Wildman–Crippen LogP) is 3.68. The minimum Gasteiger partial charge on any atom is -0.336 e. The van der Waals surface area contributed by atoms with Crippen LogP contribution in [0, 0.1) is 0 Å². The van der Waals surface area contributed by atoms with Gasteiger partial charge in [-0.3, -0.25) is 4.79 Å². The minimum atomic E-state index is 0.177. The third-order valence-corrected chi connectivity index (χ3v) is 5.36. The molecule has 0 radical (unpaired) electrons. The second kappa shape index (κ2) is 5.80. The highest BCUT2D eigenvalue weighted by atomic mass is 32.2. The minimum absolute atomic E-state index is 0.177. The summed E-state index contributed by atoms with van der Waals surface area (Å²) in [4.78, 5) is 15.2. The molecule has 0 spiro atoms. The molecule has 0 saturated carbocycles. The van der Waals surface area contributed by atoms with Gasteiger partial charge in [-0.1, -0.05) is 36.4 Å². The maximum Gasteiger partial charge on any atom is 0.263 e. The molecule has 1 saturated heterocycles. The third kappa shape index (κ3) is 2.85. The highest BCUT2D eigenvalue weighted by Gasteiger charge is 2.26. The molecule has 0 aliphatic carbocycles. The first-order valence-electron chi connectivity index (χ1n) is 6.34. The van der Waals surface area contributed by atoms with Gasteiger partial charge in [-0.05, 0) is 17.0 Å². The first-order chi connectivity index (χ1) is 9.34. The zero-order valence-electron chi connectivity index (χ0n) is 10.5. The molecule has 3 rings (SSSR count). The Hall–Kier alpha value is -1.26. The summed E-state index contributed by atoms with van der Waals surface area (Å²) >= 11 is 3.47. The van der Waals surface area contributed by atoms with Gasteiger partial charge in [0, 0.05) is 24.1 Å². The molecule has 4 heteroatoms. The van der Waals surface area contributed by atoms with Gasteiger partial charge in [-0.25, -0.2) is 0 Å². The van der Waals surface area contributed by atoms with E-state index in [1.165, 1.54) is 16.9 Å². The van der Waals surface area contributed by atoms with Crippen molar-refractivity contribution in [3.05, 3.63) is 58.3 Å². The average molecular weight is 289 g/mol. The quantitative estimate of drug-likeness (QED) is 0.840. The van der Waals surface area contributed by atoms with Crippen molar-refractivity contribution >= 4 is 29.0 Å². The Kier molecular flexibility index (Phi) is 3.89. The molecule has 2 aromatic rings. The number of hydrogen-bond acceptors (Lipinski definition) is 3. The molecular formula is C15H15NOS2. The SMILES string of the molecule is O=C(c1cccs1)N1CCSC(c2ccccc2)C1. The Balaban J connectivity index is 1.73. The first-order valence-corrected chi connectivity index (χ1v) is 8.27. The molecule has 0 N–H and O–H groups in total. The molecule has 2 heterocycles. The van der Waals surface area contributed by atoms with Crippen LogP contribution < -0.4 is 0 Å². The van der Waals surface area contributed by atoms with Crippen LogP contribution in [0.15, 0.2) is 47.8 Å². The van der Waals surface area contributed by atoms with E-state index in [-0.39, 0.29) is 5.91 Å². The summed E-state index contributed by atoms with van der Waals surface area (Å²) in [7, 11) is 0. The van der Waals surface area contributed by atoms with Crippen molar-refractivity contribution in [2.75, 3.05) is 18.8 Å². The third-order valence-electron chi connectivity index (χ3n) is 3.26. The fourth-order valence-electron chi connectivity index (χ4n) is 2.26. The molecule has 2 nitrogen and oxygen atoms in total. The number of rotatable bonds is 2. The van der Waals surface area contributed by atoms with E-state index in [4.69, 9.17) is 0 Å². The van der Waals surface area contributed by atoms with Gasteiger partial charge in [0.15, 0.2) is 0 Å². The van der Waals surface area contributed by atoms with Crippen LogP contribution in [0.4, 0.5) is 0 Å². The number of benzene rings is 1. The lowest BCUT2D eigenvalue weighted by atomic mass is 10.1. The Morgan fingerprint density at radius 1 is 1.16 bits per heavy atom. The summed E-state index contributed by atoms with van der Waals surface area (Å²) in [6.45, 7) is 1.66. The van der Waals surface area contributed by atoms with Crippen LogP contribution in [-0.2, 0) is 0 Å².